The second-order valence-electron chi connectivity index (χ2n) is 5.78. The first-order chi connectivity index (χ1) is 10.8. The molecule has 0 atom stereocenters. The zero-order valence-electron chi connectivity index (χ0n) is 12.7. The molecule has 0 N–H and O–H groups in total. The predicted molar refractivity (Wildman–Crippen MR) is 89.1 cm³/mol. The second-order valence-corrected chi connectivity index (χ2v) is 5.78. The fourth-order valence-corrected chi connectivity index (χ4v) is 2.89. The van der Waals surface area contributed by atoms with Crippen molar-refractivity contribution in [1.29, 1.82) is 0 Å². The normalized spacial score (nSPS) is 14.5. The van der Waals surface area contributed by atoms with Crippen molar-refractivity contribution in [2.24, 2.45) is 0 Å². The van der Waals surface area contributed by atoms with Gasteiger partial charge in [0.25, 0.3) is 0 Å². The molecule has 2 aromatic rings. The second kappa shape index (κ2) is 7.08. The smallest absolute Gasteiger partial charge is 0.157 e. The fraction of sp³-hybridized carbons (Fsp3) is 0.250. The van der Waals surface area contributed by atoms with Crippen LogP contribution < -0.4 is 0 Å². The van der Waals surface area contributed by atoms with Gasteiger partial charge in [0.1, 0.15) is 0 Å². The summed E-state index contributed by atoms with van der Waals surface area (Å²) in [6.45, 7) is 1.68. The Kier molecular flexibility index (Phi) is 4.69. The van der Waals surface area contributed by atoms with Gasteiger partial charge in [0.05, 0.1) is 0 Å². The third kappa shape index (κ3) is 3.85. The topological polar surface area (TPSA) is 20.3 Å². The van der Waals surface area contributed by atoms with Gasteiger partial charge in [-0.3, -0.25) is 4.79 Å². The lowest BCUT2D eigenvalue weighted by Gasteiger charge is -2.29. The van der Waals surface area contributed by atoms with E-state index in [4.69, 9.17) is 0 Å². The Morgan fingerprint density at radius 3 is 1.82 bits per heavy atom. The minimum Gasteiger partial charge on any atom is -0.366 e. The summed E-state index contributed by atoms with van der Waals surface area (Å²) in [5.74, 6) is 0.257. The maximum Gasteiger partial charge on any atom is 0.157 e. The van der Waals surface area contributed by atoms with Crippen LogP contribution in [0.1, 0.15) is 30.4 Å². The molecule has 1 aliphatic carbocycles. The van der Waals surface area contributed by atoms with Gasteiger partial charge in [-0.05, 0) is 24.0 Å². The molecule has 0 bridgehead atoms. The monoisotopic (exact) mass is 291 g/mol. The van der Waals surface area contributed by atoms with Crippen molar-refractivity contribution in [2.75, 3.05) is 0 Å². The van der Waals surface area contributed by atoms with Gasteiger partial charge in [0.2, 0.25) is 0 Å². The Bertz CT molecular complexity index is 604. The van der Waals surface area contributed by atoms with Crippen LogP contribution in [0.25, 0.3) is 0 Å². The molecule has 0 aliphatic heterocycles. The summed E-state index contributed by atoms with van der Waals surface area (Å²) in [5.41, 5.74) is 3.72. The van der Waals surface area contributed by atoms with E-state index < -0.39 is 0 Å². The lowest BCUT2D eigenvalue weighted by Crippen LogP contribution is -2.24. The number of allylic oxidation sites excluding steroid dienone is 2. The SMILES string of the molecule is O=C1C=C(N(Cc2ccccc2)Cc2ccccc2)CCC1. The average molecular weight is 291 g/mol. The van der Waals surface area contributed by atoms with E-state index in [9.17, 15) is 4.79 Å². The summed E-state index contributed by atoms with van der Waals surface area (Å²) >= 11 is 0. The minimum atomic E-state index is 0.257. The van der Waals surface area contributed by atoms with Gasteiger partial charge in [0.15, 0.2) is 5.78 Å². The standard InChI is InChI=1S/C20H21NO/c22-20-13-7-12-19(14-20)21(15-17-8-3-1-4-9-17)16-18-10-5-2-6-11-18/h1-6,8-11,14H,7,12-13,15-16H2. The largest absolute Gasteiger partial charge is 0.366 e. The quantitative estimate of drug-likeness (QED) is 0.817. The molecule has 0 unspecified atom stereocenters. The molecule has 0 fully saturated rings. The molecule has 0 saturated carbocycles. The number of nitrogens with zero attached hydrogens (tertiary/aromatic N) is 1. The number of benzene rings is 2. The zero-order valence-corrected chi connectivity index (χ0v) is 12.7. The third-order valence-electron chi connectivity index (χ3n) is 4.02. The van der Waals surface area contributed by atoms with E-state index in [-0.39, 0.29) is 5.78 Å². The lowest BCUT2D eigenvalue weighted by molar-refractivity contribution is -0.115. The summed E-state index contributed by atoms with van der Waals surface area (Å²) in [6.07, 6.45) is 4.49. The molecular formula is C20H21NO. The summed E-state index contributed by atoms with van der Waals surface area (Å²) < 4.78 is 0. The van der Waals surface area contributed by atoms with E-state index >= 15 is 0 Å². The van der Waals surface area contributed by atoms with Crippen LogP contribution in [0.15, 0.2) is 72.4 Å². The van der Waals surface area contributed by atoms with Crippen LogP contribution in [0.2, 0.25) is 0 Å². The van der Waals surface area contributed by atoms with Crippen LogP contribution in [0.3, 0.4) is 0 Å². The molecule has 0 radical (unpaired) electrons. The van der Waals surface area contributed by atoms with Gasteiger partial charge in [-0.1, -0.05) is 60.7 Å². The number of hydrogen-bond donors (Lipinski definition) is 0. The third-order valence-corrected chi connectivity index (χ3v) is 4.02. The first kappa shape index (κ1) is 14.6. The maximum absolute atomic E-state index is 11.8. The Labute approximate surface area is 132 Å². The van der Waals surface area contributed by atoms with E-state index in [0.717, 1.165) is 25.9 Å². The lowest BCUT2D eigenvalue weighted by atomic mass is 10.0. The highest BCUT2D eigenvalue weighted by Gasteiger charge is 2.16. The van der Waals surface area contributed by atoms with E-state index in [1.54, 1.807) is 0 Å². The first-order valence-corrected chi connectivity index (χ1v) is 7.87. The average Bonchev–Trinajstić information content (AvgIpc) is 2.56. The zero-order chi connectivity index (χ0) is 15.2. The van der Waals surface area contributed by atoms with Crippen LogP contribution in [-0.4, -0.2) is 10.7 Å². The van der Waals surface area contributed by atoms with Gasteiger partial charge in [-0.15, -0.1) is 0 Å². The van der Waals surface area contributed by atoms with Crippen molar-refractivity contribution >= 4 is 5.78 Å². The molecule has 112 valence electrons. The molecular weight excluding hydrogens is 270 g/mol. The van der Waals surface area contributed by atoms with E-state index in [2.05, 4.69) is 53.4 Å². The molecule has 2 aromatic carbocycles. The van der Waals surface area contributed by atoms with Gasteiger partial charge in [0, 0.05) is 31.3 Å². The van der Waals surface area contributed by atoms with Crippen LogP contribution >= 0.6 is 0 Å². The molecule has 2 nitrogen and oxygen atoms in total. The fourth-order valence-electron chi connectivity index (χ4n) is 2.89. The van der Waals surface area contributed by atoms with E-state index in [0.29, 0.717) is 6.42 Å². The highest BCUT2D eigenvalue weighted by atomic mass is 16.1. The molecule has 2 heteroatoms. The van der Waals surface area contributed by atoms with Crippen LogP contribution in [0, 0.1) is 0 Å². The highest BCUT2D eigenvalue weighted by Crippen LogP contribution is 2.23. The Morgan fingerprint density at radius 2 is 1.32 bits per heavy atom. The number of carbonyl (C=O) groups excluding carboxylic acids is 1. The Morgan fingerprint density at radius 1 is 0.773 bits per heavy atom. The van der Waals surface area contributed by atoms with Crippen molar-refractivity contribution in [3.8, 4) is 0 Å². The van der Waals surface area contributed by atoms with Crippen molar-refractivity contribution in [1.82, 2.24) is 4.90 Å². The van der Waals surface area contributed by atoms with Gasteiger partial charge < -0.3 is 4.90 Å². The maximum atomic E-state index is 11.8. The molecule has 0 spiro atoms. The number of hydrogen-bond acceptors (Lipinski definition) is 2. The van der Waals surface area contributed by atoms with Crippen LogP contribution in [0.5, 0.6) is 0 Å². The summed E-state index contributed by atoms with van der Waals surface area (Å²) in [7, 11) is 0. The summed E-state index contributed by atoms with van der Waals surface area (Å²) in [4.78, 5) is 14.1. The van der Waals surface area contributed by atoms with Crippen molar-refractivity contribution in [3.63, 3.8) is 0 Å². The van der Waals surface area contributed by atoms with Crippen molar-refractivity contribution in [2.45, 2.75) is 32.4 Å². The number of rotatable bonds is 5. The van der Waals surface area contributed by atoms with Crippen LogP contribution in [-0.2, 0) is 17.9 Å². The molecule has 0 saturated heterocycles. The highest BCUT2D eigenvalue weighted by molar-refractivity contribution is 5.91. The molecule has 0 aromatic heterocycles. The number of carbonyl (C=O) groups is 1. The molecule has 0 amide bonds. The van der Waals surface area contributed by atoms with Crippen molar-refractivity contribution in [3.05, 3.63) is 83.6 Å². The Hall–Kier alpha value is -2.35. The summed E-state index contributed by atoms with van der Waals surface area (Å²) in [6, 6.07) is 20.9. The van der Waals surface area contributed by atoms with Crippen molar-refractivity contribution < 1.29 is 4.79 Å². The van der Waals surface area contributed by atoms with E-state index in [1.807, 2.05) is 18.2 Å². The number of ketones is 1. The van der Waals surface area contributed by atoms with Gasteiger partial charge in [-0.25, -0.2) is 0 Å². The first-order valence-electron chi connectivity index (χ1n) is 7.87. The molecule has 1 aliphatic rings. The molecule has 22 heavy (non-hydrogen) atoms. The molecule has 3 rings (SSSR count). The molecule has 0 heterocycles. The van der Waals surface area contributed by atoms with Gasteiger partial charge in [-0.2, -0.15) is 0 Å². The Balaban J connectivity index is 1.83. The summed E-state index contributed by atoms with van der Waals surface area (Å²) in [5, 5.41) is 0. The minimum absolute atomic E-state index is 0.257. The van der Waals surface area contributed by atoms with E-state index in [1.165, 1.54) is 16.8 Å². The predicted octanol–water partition coefficient (Wildman–Crippen LogP) is 4.33. The van der Waals surface area contributed by atoms with Gasteiger partial charge >= 0.3 is 0 Å². The van der Waals surface area contributed by atoms with Crippen LogP contribution in [0.4, 0.5) is 0 Å².